The van der Waals surface area contributed by atoms with Gasteiger partial charge >= 0.3 is 0 Å². The van der Waals surface area contributed by atoms with Gasteiger partial charge in [0.25, 0.3) is 5.91 Å². The number of thiazole rings is 1. The van der Waals surface area contributed by atoms with Gasteiger partial charge in [-0.3, -0.25) is 15.0 Å². The summed E-state index contributed by atoms with van der Waals surface area (Å²) in [5, 5.41) is 3.40. The van der Waals surface area contributed by atoms with Crippen LogP contribution in [0.15, 0.2) is 24.3 Å². The minimum atomic E-state index is -0.344. The standard InChI is InChI=1S/C15H18N4O3S/c1-9-14(23-13(18-9)7-12(20)19-16)15(21)17-8-10-3-5-11(22-2)6-4-10/h3-6H,7-8,16H2,1-2H3,(H,17,21)(H,19,20). The van der Waals surface area contributed by atoms with E-state index in [4.69, 9.17) is 10.6 Å². The lowest BCUT2D eigenvalue weighted by molar-refractivity contribution is -0.120. The molecule has 0 fully saturated rings. The van der Waals surface area contributed by atoms with Gasteiger partial charge in [0.1, 0.15) is 15.6 Å². The first kappa shape index (κ1) is 16.9. The van der Waals surface area contributed by atoms with Crippen LogP contribution in [0.4, 0.5) is 0 Å². The summed E-state index contributed by atoms with van der Waals surface area (Å²) >= 11 is 1.19. The molecule has 0 saturated heterocycles. The maximum absolute atomic E-state index is 12.2. The largest absolute Gasteiger partial charge is 0.497 e. The molecular formula is C15H18N4O3S. The molecule has 0 aliphatic carbocycles. The van der Waals surface area contributed by atoms with E-state index in [-0.39, 0.29) is 18.2 Å². The molecule has 0 unspecified atom stereocenters. The molecule has 1 heterocycles. The fraction of sp³-hybridized carbons (Fsp3) is 0.267. The van der Waals surface area contributed by atoms with Crippen molar-refractivity contribution in [2.45, 2.75) is 19.9 Å². The SMILES string of the molecule is COc1ccc(CNC(=O)c2sc(CC(=O)NN)nc2C)cc1. The Bertz CT molecular complexity index is 697. The van der Waals surface area contributed by atoms with Gasteiger partial charge in [-0.2, -0.15) is 0 Å². The minimum Gasteiger partial charge on any atom is -0.497 e. The zero-order chi connectivity index (χ0) is 16.8. The predicted molar refractivity (Wildman–Crippen MR) is 87.0 cm³/mol. The van der Waals surface area contributed by atoms with Crippen molar-refractivity contribution in [3.05, 3.63) is 45.4 Å². The summed E-state index contributed by atoms with van der Waals surface area (Å²) in [6.45, 7) is 2.14. The highest BCUT2D eigenvalue weighted by molar-refractivity contribution is 7.13. The maximum atomic E-state index is 12.2. The van der Waals surface area contributed by atoms with E-state index in [1.807, 2.05) is 29.7 Å². The number of ether oxygens (including phenoxy) is 1. The maximum Gasteiger partial charge on any atom is 0.263 e. The smallest absolute Gasteiger partial charge is 0.263 e. The van der Waals surface area contributed by atoms with E-state index in [9.17, 15) is 9.59 Å². The molecule has 7 nitrogen and oxygen atoms in total. The second-order valence-corrected chi connectivity index (χ2v) is 5.88. The number of hydrogen-bond acceptors (Lipinski definition) is 6. The number of methoxy groups -OCH3 is 1. The second kappa shape index (κ2) is 7.70. The number of rotatable bonds is 6. The van der Waals surface area contributed by atoms with Gasteiger partial charge in [-0.25, -0.2) is 10.8 Å². The summed E-state index contributed by atoms with van der Waals surface area (Å²) < 4.78 is 5.09. The van der Waals surface area contributed by atoms with E-state index in [1.165, 1.54) is 11.3 Å². The number of hydrazine groups is 1. The van der Waals surface area contributed by atoms with Crippen LogP contribution < -0.4 is 21.3 Å². The number of aromatic nitrogens is 1. The molecule has 0 atom stereocenters. The minimum absolute atomic E-state index is 0.0633. The van der Waals surface area contributed by atoms with Gasteiger partial charge in [-0.1, -0.05) is 12.1 Å². The van der Waals surface area contributed by atoms with Crippen LogP contribution in [-0.4, -0.2) is 23.9 Å². The van der Waals surface area contributed by atoms with Crippen LogP contribution in [0.25, 0.3) is 0 Å². The van der Waals surface area contributed by atoms with Crippen molar-refractivity contribution in [2.75, 3.05) is 7.11 Å². The average Bonchev–Trinajstić information content (AvgIpc) is 2.93. The van der Waals surface area contributed by atoms with E-state index >= 15 is 0 Å². The zero-order valence-electron chi connectivity index (χ0n) is 12.9. The number of nitrogens with two attached hydrogens (primary N) is 1. The molecule has 1 aromatic heterocycles. The van der Waals surface area contributed by atoms with Gasteiger partial charge in [-0.15, -0.1) is 11.3 Å². The van der Waals surface area contributed by atoms with Crippen molar-refractivity contribution < 1.29 is 14.3 Å². The fourth-order valence-corrected chi connectivity index (χ4v) is 2.91. The van der Waals surface area contributed by atoms with Crippen LogP contribution >= 0.6 is 11.3 Å². The quantitative estimate of drug-likeness (QED) is 0.414. The Morgan fingerprint density at radius 1 is 1.30 bits per heavy atom. The molecule has 1 aromatic carbocycles. The Morgan fingerprint density at radius 3 is 2.61 bits per heavy atom. The van der Waals surface area contributed by atoms with Gasteiger partial charge in [0.15, 0.2) is 0 Å². The summed E-state index contributed by atoms with van der Waals surface area (Å²) in [4.78, 5) is 28.2. The molecule has 4 N–H and O–H groups in total. The van der Waals surface area contributed by atoms with Crippen LogP contribution in [0.5, 0.6) is 5.75 Å². The Hall–Kier alpha value is -2.45. The molecule has 8 heteroatoms. The normalized spacial score (nSPS) is 10.2. The van der Waals surface area contributed by atoms with E-state index in [0.717, 1.165) is 11.3 Å². The molecule has 2 amide bonds. The van der Waals surface area contributed by atoms with E-state index < -0.39 is 0 Å². The zero-order valence-corrected chi connectivity index (χ0v) is 13.7. The monoisotopic (exact) mass is 334 g/mol. The molecule has 122 valence electrons. The molecule has 0 aliphatic rings. The average molecular weight is 334 g/mol. The first-order valence-electron chi connectivity index (χ1n) is 6.90. The van der Waals surface area contributed by atoms with Crippen LogP contribution in [0.3, 0.4) is 0 Å². The highest BCUT2D eigenvalue weighted by Gasteiger charge is 2.16. The molecule has 0 radical (unpaired) electrons. The van der Waals surface area contributed by atoms with E-state index in [0.29, 0.717) is 22.1 Å². The number of aryl methyl sites for hydroxylation is 1. The predicted octanol–water partition coefficient (Wildman–Crippen LogP) is 0.923. The molecule has 2 aromatic rings. The Kier molecular flexibility index (Phi) is 5.67. The third-order valence-electron chi connectivity index (χ3n) is 3.13. The summed E-state index contributed by atoms with van der Waals surface area (Å²) in [5.41, 5.74) is 3.61. The van der Waals surface area contributed by atoms with Crippen molar-refractivity contribution in [3.63, 3.8) is 0 Å². The number of hydrogen-bond donors (Lipinski definition) is 3. The third kappa shape index (κ3) is 4.51. The number of nitrogens with zero attached hydrogens (tertiary/aromatic N) is 1. The van der Waals surface area contributed by atoms with Gasteiger partial charge < -0.3 is 10.1 Å². The summed E-state index contributed by atoms with van der Waals surface area (Å²) in [5.74, 6) is 5.26. The Morgan fingerprint density at radius 2 is 2.00 bits per heavy atom. The molecule has 23 heavy (non-hydrogen) atoms. The second-order valence-electron chi connectivity index (χ2n) is 4.80. The van der Waals surface area contributed by atoms with Crippen LogP contribution in [0.1, 0.15) is 25.9 Å². The van der Waals surface area contributed by atoms with Crippen molar-refractivity contribution in [3.8, 4) is 5.75 Å². The van der Waals surface area contributed by atoms with Crippen LogP contribution in [0, 0.1) is 6.92 Å². The molecule has 0 saturated carbocycles. The summed E-state index contributed by atoms with van der Waals surface area (Å²) in [7, 11) is 1.60. The summed E-state index contributed by atoms with van der Waals surface area (Å²) in [6, 6.07) is 7.44. The van der Waals surface area contributed by atoms with Crippen molar-refractivity contribution in [1.29, 1.82) is 0 Å². The van der Waals surface area contributed by atoms with Crippen molar-refractivity contribution in [2.24, 2.45) is 5.84 Å². The topological polar surface area (TPSA) is 106 Å². The fourth-order valence-electron chi connectivity index (χ4n) is 1.93. The Labute approximate surface area is 137 Å². The van der Waals surface area contributed by atoms with Gasteiger partial charge in [-0.05, 0) is 24.6 Å². The number of nitrogens with one attached hydrogen (secondary N) is 2. The first-order chi connectivity index (χ1) is 11.0. The van der Waals surface area contributed by atoms with E-state index in [2.05, 4.69) is 10.3 Å². The highest BCUT2D eigenvalue weighted by atomic mass is 32.1. The highest BCUT2D eigenvalue weighted by Crippen LogP contribution is 2.19. The first-order valence-corrected chi connectivity index (χ1v) is 7.72. The molecular weight excluding hydrogens is 316 g/mol. The third-order valence-corrected chi connectivity index (χ3v) is 4.29. The number of carbonyl (C=O) groups is 2. The lowest BCUT2D eigenvalue weighted by Gasteiger charge is -2.05. The van der Waals surface area contributed by atoms with Gasteiger partial charge in [0, 0.05) is 6.54 Å². The van der Waals surface area contributed by atoms with E-state index in [1.54, 1.807) is 14.0 Å². The number of benzene rings is 1. The van der Waals surface area contributed by atoms with Crippen molar-refractivity contribution >= 4 is 23.2 Å². The van der Waals surface area contributed by atoms with Gasteiger partial charge in [0.2, 0.25) is 5.91 Å². The van der Waals surface area contributed by atoms with Gasteiger partial charge in [0.05, 0.1) is 19.2 Å². The molecule has 2 rings (SSSR count). The number of carbonyl (C=O) groups excluding carboxylic acids is 2. The Balaban J connectivity index is 1.98. The number of amides is 2. The lowest BCUT2D eigenvalue weighted by atomic mass is 10.2. The molecule has 0 aliphatic heterocycles. The van der Waals surface area contributed by atoms with Crippen molar-refractivity contribution in [1.82, 2.24) is 15.7 Å². The molecule has 0 spiro atoms. The van der Waals surface area contributed by atoms with Crippen LogP contribution in [0.2, 0.25) is 0 Å². The van der Waals surface area contributed by atoms with Crippen LogP contribution in [-0.2, 0) is 17.8 Å². The lowest BCUT2D eigenvalue weighted by Crippen LogP contribution is -2.31. The molecule has 0 bridgehead atoms. The summed E-state index contributed by atoms with van der Waals surface area (Å²) in [6.07, 6.45) is 0.0633.